The number of rotatable bonds is 6. The van der Waals surface area contributed by atoms with Crippen molar-refractivity contribution in [1.82, 2.24) is 5.43 Å². The van der Waals surface area contributed by atoms with E-state index in [0.29, 0.717) is 22.9 Å². The maximum atomic E-state index is 12.9. The molecule has 7 heteroatoms. The largest absolute Gasteiger partial charge is 0.488 e. The van der Waals surface area contributed by atoms with Gasteiger partial charge in [0.15, 0.2) is 0 Å². The highest BCUT2D eigenvalue weighted by atomic mass is 79.9. The first-order valence-corrected chi connectivity index (χ1v) is 9.44. The fraction of sp³-hybridized carbons (Fsp3) is 0.0476. The zero-order valence-corrected chi connectivity index (χ0v) is 16.9. The number of halogens is 3. The van der Waals surface area contributed by atoms with Gasteiger partial charge in [0, 0.05) is 10.6 Å². The first-order valence-electron chi connectivity index (χ1n) is 8.27. The average molecular weight is 462 g/mol. The zero-order chi connectivity index (χ0) is 19.9. The highest BCUT2D eigenvalue weighted by Crippen LogP contribution is 2.26. The van der Waals surface area contributed by atoms with E-state index in [1.807, 2.05) is 6.07 Å². The van der Waals surface area contributed by atoms with Crippen molar-refractivity contribution in [2.24, 2.45) is 5.10 Å². The molecule has 0 radical (unpaired) electrons. The minimum atomic E-state index is -0.350. The molecule has 0 aromatic heterocycles. The van der Waals surface area contributed by atoms with Crippen LogP contribution in [0.4, 0.5) is 4.39 Å². The van der Waals surface area contributed by atoms with Crippen molar-refractivity contribution >= 4 is 39.7 Å². The highest BCUT2D eigenvalue weighted by Gasteiger charge is 2.05. The molecule has 1 N–H and O–H groups in total. The van der Waals surface area contributed by atoms with Crippen molar-refractivity contribution in [2.75, 3.05) is 0 Å². The number of carbonyl (C=O) groups excluding carboxylic acids is 1. The van der Waals surface area contributed by atoms with Crippen LogP contribution in [0.3, 0.4) is 0 Å². The van der Waals surface area contributed by atoms with Crippen LogP contribution in [0, 0.1) is 5.82 Å². The molecule has 0 saturated carbocycles. The van der Waals surface area contributed by atoms with Crippen LogP contribution >= 0.6 is 27.5 Å². The summed E-state index contributed by atoms with van der Waals surface area (Å²) in [5.41, 5.74) is 4.52. The minimum absolute atomic E-state index is 0.281. The van der Waals surface area contributed by atoms with E-state index in [9.17, 15) is 9.18 Å². The quantitative estimate of drug-likeness (QED) is 0.385. The van der Waals surface area contributed by atoms with Gasteiger partial charge in [-0.15, -0.1) is 0 Å². The van der Waals surface area contributed by atoms with Crippen LogP contribution in [0.2, 0.25) is 5.02 Å². The predicted molar refractivity (Wildman–Crippen MR) is 111 cm³/mol. The maximum Gasteiger partial charge on any atom is 0.271 e. The molecule has 0 aliphatic heterocycles. The summed E-state index contributed by atoms with van der Waals surface area (Å²) < 4.78 is 19.4. The van der Waals surface area contributed by atoms with Crippen LogP contribution < -0.4 is 10.2 Å². The van der Waals surface area contributed by atoms with Gasteiger partial charge in [-0.3, -0.25) is 4.79 Å². The summed E-state index contributed by atoms with van der Waals surface area (Å²) in [5, 5.41) is 4.44. The van der Waals surface area contributed by atoms with E-state index in [2.05, 4.69) is 26.5 Å². The fourth-order valence-electron chi connectivity index (χ4n) is 2.32. The Kier molecular flexibility index (Phi) is 6.79. The summed E-state index contributed by atoms with van der Waals surface area (Å²) in [7, 11) is 0. The summed E-state index contributed by atoms with van der Waals surface area (Å²) >= 11 is 9.32. The maximum absolute atomic E-state index is 12.9. The molecule has 0 heterocycles. The average Bonchev–Trinajstić information content (AvgIpc) is 2.68. The van der Waals surface area contributed by atoms with E-state index in [1.165, 1.54) is 18.3 Å². The SMILES string of the molecule is O=C(N/N=C\c1ccc(OCc2ccc(F)cc2)c(Br)c1)c1cccc(Cl)c1. The van der Waals surface area contributed by atoms with E-state index in [-0.39, 0.29) is 11.7 Å². The van der Waals surface area contributed by atoms with Gasteiger partial charge in [-0.1, -0.05) is 29.8 Å². The second-order valence-corrected chi connectivity index (χ2v) is 7.11. The molecule has 0 bridgehead atoms. The molecule has 0 fully saturated rings. The Morgan fingerprint density at radius 2 is 1.93 bits per heavy atom. The van der Waals surface area contributed by atoms with Crippen molar-refractivity contribution in [3.05, 3.63) is 98.7 Å². The van der Waals surface area contributed by atoms with Gasteiger partial charge in [0.05, 0.1) is 10.7 Å². The Labute approximate surface area is 175 Å². The number of hydrazone groups is 1. The van der Waals surface area contributed by atoms with Crippen LogP contribution in [0.5, 0.6) is 5.75 Å². The lowest BCUT2D eigenvalue weighted by atomic mass is 10.2. The van der Waals surface area contributed by atoms with E-state index in [4.69, 9.17) is 16.3 Å². The fourth-order valence-corrected chi connectivity index (χ4v) is 3.02. The Morgan fingerprint density at radius 1 is 1.14 bits per heavy atom. The summed E-state index contributed by atoms with van der Waals surface area (Å²) in [6, 6.07) is 18.1. The van der Waals surface area contributed by atoms with Gasteiger partial charge < -0.3 is 4.74 Å². The molecule has 0 aliphatic rings. The first kappa shape index (κ1) is 20.0. The smallest absolute Gasteiger partial charge is 0.271 e. The van der Waals surface area contributed by atoms with Gasteiger partial charge in [0.25, 0.3) is 5.91 Å². The normalized spacial score (nSPS) is 10.8. The molecule has 3 aromatic rings. The third-order valence-electron chi connectivity index (χ3n) is 3.73. The Balaban J connectivity index is 1.58. The number of amides is 1. The molecule has 0 spiro atoms. The van der Waals surface area contributed by atoms with Crippen LogP contribution in [0.1, 0.15) is 21.5 Å². The van der Waals surface area contributed by atoms with Gasteiger partial charge in [-0.25, -0.2) is 9.82 Å². The molecule has 3 aromatic carbocycles. The first-order chi connectivity index (χ1) is 13.5. The number of hydrogen-bond acceptors (Lipinski definition) is 3. The topological polar surface area (TPSA) is 50.7 Å². The summed E-state index contributed by atoms with van der Waals surface area (Å²) in [6.07, 6.45) is 1.52. The molecular formula is C21H15BrClFN2O2. The second-order valence-electron chi connectivity index (χ2n) is 5.81. The van der Waals surface area contributed by atoms with Crippen LogP contribution in [-0.4, -0.2) is 12.1 Å². The van der Waals surface area contributed by atoms with Crippen LogP contribution in [-0.2, 0) is 6.61 Å². The molecule has 142 valence electrons. The van der Waals surface area contributed by atoms with E-state index in [0.717, 1.165) is 15.6 Å². The minimum Gasteiger partial charge on any atom is -0.488 e. The zero-order valence-electron chi connectivity index (χ0n) is 14.5. The summed E-state index contributed by atoms with van der Waals surface area (Å²) in [6.45, 7) is 0.321. The number of nitrogens with zero attached hydrogens (tertiary/aromatic N) is 1. The van der Waals surface area contributed by atoms with E-state index < -0.39 is 0 Å². The van der Waals surface area contributed by atoms with Gasteiger partial charge in [-0.2, -0.15) is 5.10 Å². The molecule has 1 amide bonds. The number of ether oxygens (including phenoxy) is 1. The molecule has 0 saturated heterocycles. The van der Waals surface area contributed by atoms with Crippen molar-refractivity contribution in [1.29, 1.82) is 0 Å². The molecule has 3 rings (SSSR count). The highest BCUT2D eigenvalue weighted by molar-refractivity contribution is 9.10. The molecular weight excluding hydrogens is 447 g/mol. The van der Waals surface area contributed by atoms with Gasteiger partial charge >= 0.3 is 0 Å². The third-order valence-corrected chi connectivity index (χ3v) is 4.58. The lowest BCUT2D eigenvalue weighted by molar-refractivity contribution is 0.0955. The van der Waals surface area contributed by atoms with Crippen molar-refractivity contribution in [2.45, 2.75) is 6.61 Å². The third kappa shape index (κ3) is 5.65. The monoisotopic (exact) mass is 460 g/mol. The number of carbonyl (C=O) groups is 1. The van der Waals surface area contributed by atoms with E-state index >= 15 is 0 Å². The predicted octanol–water partition coefficient (Wildman–Crippen LogP) is 5.58. The molecule has 0 unspecified atom stereocenters. The molecule has 4 nitrogen and oxygen atoms in total. The Hall–Kier alpha value is -2.70. The number of hydrogen-bond donors (Lipinski definition) is 1. The van der Waals surface area contributed by atoms with Crippen molar-refractivity contribution in [3.8, 4) is 5.75 Å². The molecule has 28 heavy (non-hydrogen) atoms. The van der Waals surface area contributed by atoms with Crippen molar-refractivity contribution in [3.63, 3.8) is 0 Å². The van der Waals surface area contributed by atoms with Gasteiger partial charge in [0.1, 0.15) is 18.2 Å². The summed E-state index contributed by atoms with van der Waals surface area (Å²) in [4.78, 5) is 12.0. The standard InChI is InChI=1S/C21H15BrClFN2O2/c22-19-10-15(12-25-26-21(27)16-2-1-3-17(23)11-16)6-9-20(19)28-13-14-4-7-18(24)8-5-14/h1-12H,13H2,(H,26,27)/b25-12-. The summed E-state index contributed by atoms with van der Waals surface area (Å²) in [5.74, 6) is 0.0116. The van der Waals surface area contributed by atoms with Crippen molar-refractivity contribution < 1.29 is 13.9 Å². The Bertz CT molecular complexity index is 1010. The lowest BCUT2D eigenvalue weighted by Crippen LogP contribution is -2.17. The number of benzene rings is 3. The second kappa shape index (κ2) is 9.48. The lowest BCUT2D eigenvalue weighted by Gasteiger charge is -2.09. The molecule has 0 aliphatic carbocycles. The Morgan fingerprint density at radius 3 is 2.64 bits per heavy atom. The van der Waals surface area contributed by atoms with Crippen LogP contribution in [0.25, 0.3) is 0 Å². The van der Waals surface area contributed by atoms with Gasteiger partial charge in [0.2, 0.25) is 0 Å². The van der Waals surface area contributed by atoms with Crippen LogP contribution in [0.15, 0.2) is 76.3 Å². The molecule has 0 atom stereocenters. The van der Waals surface area contributed by atoms with E-state index in [1.54, 1.807) is 48.5 Å². The van der Waals surface area contributed by atoms with Gasteiger partial charge in [-0.05, 0) is 75.6 Å². The number of nitrogens with one attached hydrogen (secondary N) is 1.